The van der Waals surface area contributed by atoms with Crippen LogP contribution in [0.3, 0.4) is 0 Å². The van der Waals surface area contributed by atoms with Crippen molar-refractivity contribution in [2.75, 3.05) is 24.5 Å². The summed E-state index contributed by atoms with van der Waals surface area (Å²) in [5, 5.41) is 7.40. The highest BCUT2D eigenvalue weighted by Gasteiger charge is 2.30. The molecule has 112 valence electrons. The molecule has 1 saturated heterocycles. The normalized spacial score (nSPS) is 18.0. The maximum absolute atomic E-state index is 5.86. The number of benzene rings is 1. The molecule has 0 radical (unpaired) electrons. The molecule has 0 amide bonds. The predicted molar refractivity (Wildman–Crippen MR) is 88.1 cm³/mol. The van der Waals surface area contributed by atoms with E-state index in [4.69, 9.17) is 5.73 Å². The first-order chi connectivity index (χ1) is 10.1. The Kier molecular flexibility index (Phi) is 3.99. The number of hydrogen-bond donors (Lipinski definition) is 2. The van der Waals surface area contributed by atoms with Crippen LogP contribution in [0, 0.1) is 5.41 Å². The molecule has 0 unspecified atom stereocenters. The lowest BCUT2D eigenvalue weighted by Crippen LogP contribution is -2.42. The zero-order valence-corrected chi connectivity index (χ0v) is 13.7. The Morgan fingerprint density at radius 3 is 2.81 bits per heavy atom. The van der Waals surface area contributed by atoms with Gasteiger partial charge in [-0.05, 0) is 36.9 Å². The topological polar surface area (TPSA) is 70.8 Å². The molecule has 3 rings (SSSR count). The van der Waals surface area contributed by atoms with Gasteiger partial charge in [-0.25, -0.2) is 0 Å². The third-order valence-corrected chi connectivity index (χ3v) is 4.81. The molecule has 6 heteroatoms. The summed E-state index contributed by atoms with van der Waals surface area (Å²) in [7, 11) is 0. The lowest BCUT2D eigenvalue weighted by molar-refractivity contribution is 0.257. The van der Waals surface area contributed by atoms with Crippen LogP contribution in [-0.4, -0.2) is 34.8 Å². The van der Waals surface area contributed by atoms with E-state index in [1.807, 2.05) is 24.3 Å². The van der Waals surface area contributed by atoms with Crippen LogP contribution in [0.25, 0.3) is 11.4 Å². The largest absolute Gasteiger partial charge is 0.339 e. The van der Waals surface area contributed by atoms with E-state index >= 15 is 0 Å². The van der Waals surface area contributed by atoms with Crippen molar-refractivity contribution in [2.45, 2.75) is 19.8 Å². The van der Waals surface area contributed by atoms with Gasteiger partial charge in [0.2, 0.25) is 5.95 Å². The van der Waals surface area contributed by atoms with E-state index < -0.39 is 0 Å². The van der Waals surface area contributed by atoms with Crippen LogP contribution in [0.4, 0.5) is 5.95 Å². The second kappa shape index (κ2) is 5.77. The minimum atomic E-state index is 0.264. The van der Waals surface area contributed by atoms with Gasteiger partial charge in [-0.2, -0.15) is 4.98 Å². The fourth-order valence-electron chi connectivity index (χ4n) is 2.61. The minimum Gasteiger partial charge on any atom is -0.339 e. The van der Waals surface area contributed by atoms with E-state index in [9.17, 15) is 0 Å². The van der Waals surface area contributed by atoms with Gasteiger partial charge in [-0.1, -0.05) is 35.0 Å². The van der Waals surface area contributed by atoms with Gasteiger partial charge in [0.15, 0.2) is 5.82 Å². The van der Waals surface area contributed by atoms with Crippen LogP contribution in [0.2, 0.25) is 0 Å². The molecule has 1 aliphatic rings. The van der Waals surface area contributed by atoms with Crippen LogP contribution < -0.4 is 10.6 Å². The molecule has 1 aliphatic heterocycles. The van der Waals surface area contributed by atoms with Crippen molar-refractivity contribution in [1.29, 1.82) is 0 Å². The van der Waals surface area contributed by atoms with E-state index in [1.165, 1.54) is 0 Å². The molecule has 5 nitrogen and oxygen atoms in total. The zero-order valence-electron chi connectivity index (χ0n) is 12.1. The first-order valence-corrected chi connectivity index (χ1v) is 8.02. The summed E-state index contributed by atoms with van der Waals surface area (Å²) in [6, 6.07) is 8.05. The highest BCUT2D eigenvalue weighted by atomic mass is 79.9. The summed E-state index contributed by atoms with van der Waals surface area (Å²) in [4.78, 5) is 6.86. The van der Waals surface area contributed by atoms with E-state index in [0.29, 0.717) is 0 Å². The van der Waals surface area contributed by atoms with Gasteiger partial charge >= 0.3 is 0 Å². The van der Waals surface area contributed by atoms with Gasteiger partial charge in [-0.15, -0.1) is 5.10 Å². The number of aromatic amines is 1. The lowest BCUT2D eigenvalue weighted by Gasteiger charge is -2.38. The molecule has 1 fully saturated rings. The van der Waals surface area contributed by atoms with Crippen LogP contribution in [0.5, 0.6) is 0 Å². The Morgan fingerprint density at radius 1 is 1.38 bits per heavy atom. The van der Waals surface area contributed by atoms with Crippen LogP contribution in [0.15, 0.2) is 28.7 Å². The summed E-state index contributed by atoms with van der Waals surface area (Å²) < 4.78 is 1.04. The molecule has 0 bridgehead atoms. The van der Waals surface area contributed by atoms with Gasteiger partial charge in [0.25, 0.3) is 0 Å². The number of aromatic nitrogens is 3. The third-order valence-electron chi connectivity index (χ3n) is 4.32. The number of anilines is 1. The molecule has 0 spiro atoms. The van der Waals surface area contributed by atoms with E-state index in [1.54, 1.807) is 0 Å². The molecule has 2 heterocycles. The second-order valence-corrected chi connectivity index (χ2v) is 6.91. The summed E-state index contributed by atoms with van der Waals surface area (Å²) in [5.41, 5.74) is 7.15. The third kappa shape index (κ3) is 3.11. The fourth-order valence-corrected chi connectivity index (χ4v) is 3.01. The highest BCUT2D eigenvalue weighted by Crippen LogP contribution is 2.31. The van der Waals surface area contributed by atoms with Crippen molar-refractivity contribution >= 4 is 21.9 Å². The summed E-state index contributed by atoms with van der Waals surface area (Å²) in [5.74, 6) is 1.59. The number of nitrogens with two attached hydrogens (primary N) is 1. The van der Waals surface area contributed by atoms with Crippen LogP contribution in [-0.2, 0) is 0 Å². The molecule has 21 heavy (non-hydrogen) atoms. The summed E-state index contributed by atoms with van der Waals surface area (Å²) >= 11 is 3.48. The first-order valence-electron chi connectivity index (χ1n) is 7.23. The standard InChI is InChI=1S/C15H20BrN5/c1-15(10-17)5-7-21(8-6-15)14-18-13(19-20-14)11-3-2-4-12(16)9-11/h2-4,9H,5-8,10,17H2,1H3,(H,18,19,20). The number of piperidine rings is 1. The Morgan fingerprint density at radius 2 is 2.14 bits per heavy atom. The van der Waals surface area contributed by atoms with Gasteiger partial charge in [0.05, 0.1) is 0 Å². The second-order valence-electron chi connectivity index (χ2n) is 6.00. The average molecular weight is 350 g/mol. The number of H-pyrrole nitrogens is 1. The van der Waals surface area contributed by atoms with E-state index in [2.05, 4.69) is 42.9 Å². The molecule has 0 aliphatic carbocycles. The van der Waals surface area contributed by atoms with Crippen LogP contribution in [0.1, 0.15) is 19.8 Å². The smallest absolute Gasteiger partial charge is 0.245 e. The molecular weight excluding hydrogens is 330 g/mol. The maximum atomic E-state index is 5.86. The Labute approximate surface area is 133 Å². The van der Waals surface area contributed by atoms with Gasteiger partial charge < -0.3 is 10.6 Å². The monoisotopic (exact) mass is 349 g/mol. The van der Waals surface area contributed by atoms with E-state index in [0.717, 1.165) is 54.3 Å². The van der Waals surface area contributed by atoms with Crippen LogP contribution >= 0.6 is 15.9 Å². The van der Waals surface area contributed by atoms with Crippen molar-refractivity contribution in [3.05, 3.63) is 28.7 Å². The lowest BCUT2D eigenvalue weighted by atomic mass is 9.81. The summed E-state index contributed by atoms with van der Waals surface area (Å²) in [6.07, 6.45) is 2.18. The molecule has 3 N–H and O–H groups in total. The number of halogens is 1. The van der Waals surface area contributed by atoms with Crippen molar-refractivity contribution in [1.82, 2.24) is 15.2 Å². The van der Waals surface area contributed by atoms with Crippen molar-refractivity contribution in [3.8, 4) is 11.4 Å². The van der Waals surface area contributed by atoms with Crippen molar-refractivity contribution < 1.29 is 0 Å². The highest BCUT2D eigenvalue weighted by molar-refractivity contribution is 9.10. The maximum Gasteiger partial charge on any atom is 0.245 e. The van der Waals surface area contributed by atoms with Gasteiger partial charge in [0.1, 0.15) is 0 Å². The zero-order chi connectivity index (χ0) is 14.9. The van der Waals surface area contributed by atoms with Crippen molar-refractivity contribution in [3.63, 3.8) is 0 Å². The number of rotatable bonds is 3. The Balaban J connectivity index is 1.74. The molecule has 0 atom stereocenters. The molecule has 2 aromatic rings. The number of nitrogens with zero attached hydrogens (tertiary/aromatic N) is 3. The SMILES string of the molecule is CC1(CN)CCN(c2n[nH]c(-c3cccc(Br)c3)n2)CC1. The summed E-state index contributed by atoms with van der Waals surface area (Å²) in [6.45, 7) is 4.93. The number of hydrogen-bond acceptors (Lipinski definition) is 4. The van der Waals surface area contributed by atoms with E-state index in [-0.39, 0.29) is 5.41 Å². The Hall–Kier alpha value is -1.40. The fraction of sp³-hybridized carbons (Fsp3) is 0.467. The quantitative estimate of drug-likeness (QED) is 0.893. The van der Waals surface area contributed by atoms with Gasteiger partial charge in [-0.3, -0.25) is 5.10 Å². The number of nitrogens with one attached hydrogen (secondary N) is 1. The Bertz CT molecular complexity index is 616. The van der Waals surface area contributed by atoms with Gasteiger partial charge in [0, 0.05) is 23.1 Å². The first kappa shape index (κ1) is 14.5. The molecule has 1 aromatic heterocycles. The van der Waals surface area contributed by atoms with Crippen molar-refractivity contribution in [2.24, 2.45) is 11.1 Å². The molecule has 0 saturated carbocycles. The predicted octanol–water partition coefficient (Wildman–Crippen LogP) is 2.80. The molecule has 1 aromatic carbocycles. The molecular formula is C15H20BrN5. The average Bonchev–Trinajstić information content (AvgIpc) is 2.98. The minimum absolute atomic E-state index is 0.264.